The van der Waals surface area contributed by atoms with Crippen molar-refractivity contribution in [3.8, 4) is 0 Å². The first-order valence-electron chi connectivity index (χ1n) is 1.28. The van der Waals surface area contributed by atoms with Crippen LogP contribution in [0.25, 0.3) is 0 Å². The fourth-order valence-electron chi connectivity index (χ4n) is 0. The summed E-state index contributed by atoms with van der Waals surface area (Å²) in [6.45, 7) is 2.60. The van der Waals surface area contributed by atoms with Crippen LogP contribution in [-0.2, 0) is 4.57 Å². The quantitative estimate of drug-likeness (QED) is 0.363. The molecule has 0 aliphatic carbocycles. The van der Waals surface area contributed by atoms with Gasteiger partial charge >= 0.3 is 37.7 Å². The first kappa shape index (κ1) is 10.4. The topological polar surface area (TPSA) is 37.3 Å². The van der Waals surface area contributed by atoms with E-state index in [9.17, 15) is 4.57 Å². The normalized spacial score (nSPS) is 9.83. The van der Waals surface area contributed by atoms with Crippen molar-refractivity contribution < 1.29 is 9.46 Å². The van der Waals surface area contributed by atoms with Gasteiger partial charge in [0.25, 0.3) is 0 Å². The van der Waals surface area contributed by atoms with Gasteiger partial charge < -0.3 is 4.89 Å². The Balaban J connectivity index is 0. The van der Waals surface area contributed by atoms with Gasteiger partial charge in [-0.15, -0.1) is 0 Å². The number of rotatable bonds is 0. The predicted molar refractivity (Wildman–Crippen MR) is 30.2 cm³/mol. The van der Waals surface area contributed by atoms with E-state index in [-0.39, 0.29) is 37.7 Å². The monoisotopic (exact) mass is 136 g/mol. The van der Waals surface area contributed by atoms with Crippen LogP contribution in [0.1, 0.15) is 0 Å². The van der Waals surface area contributed by atoms with Crippen LogP contribution < -0.4 is 0 Å². The molecule has 0 fully saturated rings. The fraction of sp³-hybridized carbons (Fsp3) is 1.00. The van der Waals surface area contributed by atoms with E-state index in [0.717, 1.165) is 0 Å². The van der Waals surface area contributed by atoms with Crippen LogP contribution >= 0.6 is 7.37 Å². The molecule has 0 heterocycles. The Morgan fingerprint density at radius 1 is 1.50 bits per heavy atom. The van der Waals surface area contributed by atoms with Crippen molar-refractivity contribution in [2.24, 2.45) is 0 Å². The number of hydrogen-bond donors (Lipinski definition) is 1. The van der Waals surface area contributed by atoms with Gasteiger partial charge in [0.15, 0.2) is 7.37 Å². The fourth-order valence-corrected chi connectivity index (χ4v) is 0. The van der Waals surface area contributed by atoms with Crippen LogP contribution in [0.3, 0.4) is 0 Å². The van der Waals surface area contributed by atoms with E-state index in [1.807, 2.05) is 0 Å². The summed E-state index contributed by atoms with van der Waals surface area (Å²) >= 11 is 0. The molecule has 0 rings (SSSR count). The van der Waals surface area contributed by atoms with E-state index in [4.69, 9.17) is 4.89 Å². The zero-order chi connectivity index (χ0) is 4.50. The van der Waals surface area contributed by atoms with E-state index in [0.29, 0.717) is 0 Å². The molecule has 0 aliphatic rings. The Kier molecular flexibility index (Phi) is 6.00. The minimum absolute atomic E-state index is 0. The van der Waals surface area contributed by atoms with E-state index in [1.54, 1.807) is 0 Å². The van der Waals surface area contributed by atoms with E-state index >= 15 is 0 Å². The molecule has 0 aromatic rings. The molecule has 0 aromatic carbocycles. The average Bonchev–Trinajstić information content (AvgIpc) is 0.722. The summed E-state index contributed by atoms with van der Waals surface area (Å²) in [5.74, 6) is 0. The maximum absolute atomic E-state index is 9.77. The molecule has 0 atom stereocenters. The molecule has 0 bridgehead atoms. The molecule has 4 heteroatoms. The first-order chi connectivity index (χ1) is 2.00. The van der Waals surface area contributed by atoms with Crippen molar-refractivity contribution in [1.29, 1.82) is 0 Å². The zero-order valence-electron chi connectivity index (χ0n) is 3.30. The van der Waals surface area contributed by atoms with Crippen LogP contribution in [-0.4, -0.2) is 56.0 Å². The van der Waals surface area contributed by atoms with Gasteiger partial charge in [-0.05, 0) is 0 Å². The molecule has 0 radical (unpaired) electrons. The van der Waals surface area contributed by atoms with Gasteiger partial charge in [-0.1, -0.05) is 0 Å². The maximum atomic E-state index is 9.77. The third-order valence-electron chi connectivity index (χ3n) is 0. The van der Waals surface area contributed by atoms with Crippen LogP contribution in [0.5, 0.6) is 0 Å². The van der Waals surface area contributed by atoms with Gasteiger partial charge in [0, 0.05) is 13.3 Å². The van der Waals surface area contributed by atoms with Crippen molar-refractivity contribution in [3.63, 3.8) is 0 Å². The van der Waals surface area contributed by atoms with Crippen LogP contribution in [0.15, 0.2) is 0 Å². The molecule has 2 nitrogen and oxygen atoms in total. The molecule has 0 aromatic heterocycles. The molecule has 0 aliphatic heterocycles. The SMILES string of the molecule is CP(C)(=O)O.[CaH2]. The molecule has 0 saturated heterocycles. The molecular formula is C2H9CaO2P. The Labute approximate surface area is 67.4 Å². The third kappa shape index (κ3) is 51.3. The van der Waals surface area contributed by atoms with Crippen LogP contribution in [0.4, 0.5) is 0 Å². The molecule has 0 spiro atoms. The molecule has 0 unspecified atom stereocenters. The summed E-state index contributed by atoms with van der Waals surface area (Å²) in [6.07, 6.45) is 0. The standard InChI is InChI=1S/C2H7O2P.Ca.2H/c1-5(2,3)4;;;/h1-2H3,(H,3,4);;;. The minimum atomic E-state index is -2.64. The summed E-state index contributed by atoms with van der Waals surface area (Å²) in [5.41, 5.74) is 0. The molecule has 36 valence electrons. The van der Waals surface area contributed by atoms with E-state index < -0.39 is 7.37 Å². The van der Waals surface area contributed by atoms with Crippen molar-refractivity contribution in [3.05, 3.63) is 0 Å². The van der Waals surface area contributed by atoms with E-state index in [1.165, 1.54) is 13.3 Å². The third-order valence-corrected chi connectivity index (χ3v) is 0. The van der Waals surface area contributed by atoms with Crippen LogP contribution in [0, 0.1) is 0 Å². The molecule has 0 saturated carbocycles. The molecule has 6 heavy (non-hydrogen) atoms. The summed E-state index contributed by atoms with van der Waals surface area (Å²) in [7, 11) is -2.64. The molecule has 1 N–H and O–H groups in total. The predicted octanol–water partition coefficient (Wildman–Crippen LogP) is -0.400. The summed E-state index contributed by atoms with van der Waals surface area (Å²) in [6, 6.07) is 0. The zero-order valence-corrected chi connectivity index (χ0v) is 4.20. The van der Waals surface area contributed by atoms with Gasteiger partial charge in [0.05, 0.1) is 0 Å². The van der Waals surface area contributed by atoms with Crippen molar-refractivity contribution in [2.75, 3.05) is 13.3 Å². The van der Waals surface area contributed by atoms with Crippen molar-refractivity contribution >= 4 is 45.1 Å². The van der Waals surface area contributed by atoms with Crippen molar-refractivity contribution in [2.45, 2.75) is 0 Å². The average molecular weight is 136 g/mol. The molecule has 0 amide bonds. The van der Waals surface area contributed by atoms with Crippen LogP contribution in [0.2, 0.25) is 0 Å². The van der Waals surface area contributed by atoms with Gasteiger partial charge in [0.1, 0.15) is 0 Å². The number of hydrogen-bond acceptors (Lipinski definition) is 1. The summed E-state index contributed by atoms with van der Waals surface area (Å²) in [5, 5.41) is 0. The Morgan fingerprint density at radius 3 is 1.50 bits per heavy atom. The Bertz CT molecular complexity index is 57.7. The molecular weight excluding hydrogens is 127 g/mol. The van der Waals surface area contributed by atoms with Gasteiger partial charge in [0.2, 0.25) is 0 Å². The van der Waals surface area contributed by atoms with Gasteiger partial charge in [-0.2, -0.15) is 0 Å². The first-order valence-corrected chi connectivity index (χ1v) is 3.83. The second-order valence-electron chi connectivity index (χ2n) is 1.29. The second-order valence-corrected chi connectivity index (χ2v) is 3.88. The van der Waals surface area contributed by atoms with Crippen molar-refractivity contribution in [1.82, 2.24) is 0 Å². The van der Waals surface area contributed by atoms with E-state index in [2.05, 4.69) is 0 Å². The Morgan fingerprint density at radius 2 is 1.50 bits per heavy atom. The second kappa shape index (κ2) is 3.45. The summed E-state index contributed by atoms with van der Waals surface area (Å²) in [4.78, 5) is 8.08. The Hall–Kier alpha value is 1.45. The summed E-state index contributed by atoms with van der Waals surface area (Å²) < 4.78 is 9.77. The van der Waals surface area contributed by atoms with Gasteiger partial charge in [-0.25, -0.2) is 0 Å². The van der Waals surface area contributed by atoms with Gasteiger partial charge in [-0.3, -0.25) is 4.57 Å².